The lowest BCUT2D eigenvalue weighted by atomic mass is 10.2. The summed E-state index contributed by atoms with van der Waals surface area (Å²) < 4.78 is 18.4. The summed E-state index contributed by atoms with van der Waals surface area (Å²) in [5, 5.41) is 3.37. The topological polar surface area (TPSA) is 21.3 Å². The van der Waals surface area contributed by atoms with Crippen LogP contribution < -0.4 is 5.32 Å². The number of benzene rings is 1. The minimum atomic E-state index is -0.165. The Labute approximate surface area is 106 Å². The Morgan fingerprint density at radius 1 is 1.47 bits per heavy atom. The van der Waals surface area contributed by atoms with Crippen molar-refractivity contribution in [2.24, 2.45) is 0 Å². The Morgan fingerprint density at radius 2 is 2.41 bits per heavy atom. The van der Waals surface area contributed by atoms with E-state index < -0.39 is 0 Å². The summed E-state index contributed by atoms with van der Waals surface area (Å²) in [4.78, 5) is 0.990. The highest BCUT2D eigenvalue weighted by molar-refractivity contribution is 7.99. The summed E-state index contributed by atoms with van der Waals surface area (Å²) in [6.07, 6.45) is 2.75. The summed E-state index contributed by atoms with van der Waals surface area (Å²) in [6, 6.07) is 6.73. The first-order chi connectivity index (χ1) is 8.34. The molecule has 0 saturated carbocycles. The predicted octanol–water partition coefficient (Wildman–Crippen LogP) is 2.69. The van der Waals surface area contributed by atoms with E-state index in [4.69, 9.17) is 4.74 Å². The van der Waals surface area contributed by atoms with Crippen molar-refractivity contribution in [1.29, 1.82) is 0 Å². The highest BCUT2D eigenvalue weighted by Crippen LogP contribution is 2.17. The van der Waals surface area contributed by atoms with Crippen molar-refractivity contribution in [3.8, 4) is 0 Å². The van der Waals surface area contributed by atoms with Crippen LogP contribution in [0.3, 0.4) is 0 Å². The molecule has 17 heavy (non-hydrogen) atoms. The first-order valence-electron chi connectivity index (χ1n) is 6.05. The van der Waals surface area contributed by atoms with Crippen LogP contribution in [0, 0.1) is 5.82 Å². The molecule has 1 heterocycles. The highest BCUT2D eigenvalue weighted by Gasteiger charge is 2.14. The van der Waals surface area contributed by atoms with Gasteiger partial charge in [0.05, 0.1) is 6.10 Å². The lowest BCUT2D eigenvalue weighted by Crippen LogP contribution is -2.27. The minimum Gasteiger partial charge on any atom is -0.377 e. The van der Waals surface area contributed by atoms with Crippen molar-refractivity contribution in [2.75, 3.05) is 25.4 Å². The smallest absolute Gasteiger partial charge is 0.124 e. The summed E-state index contributed by atoms with van der Waals surface area (Å²) in [6.45, 7) is 2.77. The van der Waals surface area contributed by atoms with Gasteiger partial charge < -0.3 is 10.1 Å². The normalized spacial score (nSPS) is 19.7. The van der Waals surface area contributed by atoms with Crippen LogP contribution >= 0.6 is 11.8 Å². The van der Waals surface area contributed by atoms with Gasteiger partial charge in [0.1, 0.15) is 5.82 Å². The van der Waals surface area contributed by atoms with Crippen LogP contribution in [0.15, 0.2) is 29.2 Å². The molecule has 2 nitrogen and oxygen atoms in total. The third-order valence-electron chi connectivity index (χ3n) is 2.74. The molecule has 1 aliphatic heterocycles. The van der Waals surface area contributed by atoms with Crippen molar-refractivity contribution in [2.45, 2.75) is 23.8 Å². The number of hydrogen-bond donors (Lipinski definition) is 1. The summed E-state index contributed by atoms with van der Waals surface area (Å²) in [7, 11) is 0. The second-order valence-corrected chi connectivity index (χ2v) is 5.31. The molecule has 1 fully saturated rings. The van der Waals surface area contributed by atoms with Gasteiger partial charge in [0.15, 0.2) is 0 Å². The van der Waals surface area contributed by atoms with Crippen LogP contribution in [-0.2, 0) is 4.74 Å². The maximum atomic E-state index is 12.9. The number of halogens is 1. The van der Waals surface area contributed by atoms with Gasteiger partial charge in [-0.1, -0.05) is 6.07 Å². The maximum absolute atomic E-state index is 12.9. The molecule has 1 aromatic carbocycles. The van der Waals surface area contributed by atoms with Gasteiger partial charge in [-0.25, -0.2) is 4.39 Å². The fourth-order valence-electron chi connectivity index (χ4n) is 1.87. The van der Waals surface area contributed by atoms with Gasteiger partial charge in [0, 0.05) is 30.3 Å². The standard InChI is InChI=1S/C13H18FNOS/c14-11-3-1-5-13(9-11)17-8-6-15-10-12-4-2-7-16-12/h1,3,5,9,12,15H,2,4,6-8,10H2. The van der Waals surface area contributed by atoms with Crippen LogP contribution in [0.2, 0.25) is 0 Å². The summed E-state index contributed by atoms with van der Waals surface area (Å²) in [5.41, 5.74) is 0. The molecule has 1 N–H and O–H groups in total. The Bertz CT molecular complexity index is 342. The second-order valence-electron chi connectivity index (χ2n) is 4.14. The Morgan fingerprint density at radius 3 is 3.18 bits per heavy atom. The number of hydrogen-bond acceptors (Lipinski definition) is 3. The van der Waals surface area contributed by atoms with Gasteiger partial charge in [-0.3, -0.25) is 0 Å². The van der Waals surface area contributed by atoms with Crippen LogP contribution in [-0.4, -0.2) is 31.6 Å². The van der Waals surface area contributed by atoms with E-state index in [9.17, 15) is 4.39 Å². The van der Waals surface area contributed by atoms with Gasteiger partial charge in [0.25, 0.3) is 0 Å². The quantitative estimate of drug-likeness (QED) is 0.624. The molecule has 1 aromatic rings. The van der Waals surface area contributed by atoms with Crippen molar-refractivity contribution in [1.82, 2.24) is 5.32 Å². The van der Waals surface area contributed by atoms with E-state index >= 15 is 0 Å². The van der Waals surface area contributed by atoms with Gasteiger partial charge in [0.2, 0.25) is 0 Å². The summed E-state index contributed by atoms with van der Waals surface area (Å²) >= 11 is 1.67. The van der Waals surface area contributed by atoms with Gasteiger partial charge >= 0.3 is 0 Å². The lowest BCUT2D eigenvalue weighted by molar-refractivity contribution is 0.110. The fourth-order valence-corrected chi connectivity index (χ4v) is 2.72. The Kier molecular flexibility index (Phi) is 5.29. The van der Waals surface area contributed by atoms with Crippen LogP contribution in [0.4, 0.5) is 4.39 Å². The Balaban J connectivity index is 1.56. The zero-order valence-electron chi connectivity index (χ0n) is 9.82. The zero-order valence-corrected chi connectivity index (χ0v) is 10.6. The summed E-state index contributed by atoms with van der Waals surface area (Å²) in [5.74, 6) is 0.790. The van der Waals surface area contributed by atoms with E-state index in [0.717, 1.165) is 30.3 Å². The molecule has 1 aliphatic rings. The largest absolute Gasteiger partial charge is 0.377 e. The van der Waals surface area contributed by atoms with Crippen LogP contribution in [0.25, 0.3) is 0 Å². The van der Waals surface area contributed by atoms with E-state index in [1.54, 1.807) is 23.9 Å². The van der Waals surface area contributed by atoms with E-state index in [-0.39, 0.29) is 5.82 Å². The predicted molar refractivity (Wildman–Crippen MR) is 69.0 cm³/mol. The first kappa shape index (κ1) is 12.9. The average Bonchev–Trinajstić information content (AvgIpc) is 2.82. The Hall–Kier alpha value is -0.580. The van der Waals surface area contributed by atoms with E-state index in [2.05, 4.69) is 5.32 Å². The van der Waals surface area contributed by atoms with Crippen molar-refractivity contribution >= 4 is 11.8 Å². The van der Waals surface area contributed by atoms with Crippen molar-refractivity contribution in [3.63, 3.8) is 0 Å². The molecule has 2 rings (SSSR count). The SMILES string of the molecule is Fc1cccc(SCCNCC2CCCO2)c1. The molecule has 4 heteroatoms. The molecule has 0 bridgehead atoms. The molecule has 0 amide bonds. The third-order valence-corrected chi connectivity index (χ3v) is 3.74. The van der Waals surface area contributed by atoms with Crippen molar-refractivity contribution < 1.29 is 9.13 Å². The lowest BCUT2D eigenvalue weighted by Gasteiger charge is -2.10. The monoisotopic (exact) mass is 255 g/mol. The minimum absolute atomic E-state index is 0.165. The molecule has 0 radical (unpaired) electrons. The van der Waals surface area contributed by atoms with Gasteiger partial charge in [-0.2, -0.15) is 0 Å². The number of nitrogens with one attached hydrogen (secondary N) is 1. The molecule has 1 atom stereocenters. The molecule has 1 unspecified atom stereocenters. The molecule has 0 aliphatic carbocycles. The van der Waals surface area contributed by atoms with Crippen LogP contribution in [0.1, 0.15) is 12.8 Å². The highest BCUT2D eigenvalue weighted by atomic mass is 32.2. The first-order valence-corrected chi connectivity index (χ1v) is 7.04. The van der Waals surface area contributed by atoms with Crippen LogP contribution in [0.5, 0.6) is 0 Å². The van der Waals surface area contributed by atoms with E-state index in [1.165, 1.54) is 18.9 Å². The third kappa shape index (κ3) is 4.66. The van der Waals surface area contributed by atoms with Gasteiger partial charge in [-0.15, -0.1) is 11.8 Å². The second kappa shape index (κ2) is 6.99. The fraction of sp³-hybridized carbons (Fsp3) is 0.538. The number of rotatable bonds is 6. The molecule has 94 valence electrons. The van der Waals surface area contributed by atoms with E-state index in [1.807, 2.05) is 6.07 Å². The zero-order chi connectivity index (χ0) is 11.9. The molecule has 1 saturated heterocycles. The molecular formula is C13H18FNOS. The van der Waals surface area contributed by atoms with E-state index in [0.29, 0.717) is 6.10 Å². The van der Waals surface area contributed by atoms with Crippen molar-refractivity contribution in [3.05, 3.63) is 30.1 Å². The molecule has 0 spiro atoms. The van der Waals surface area contributed by atoms with Gasteiger partial charge in [-0.05, 0) is 31.0 Å². The molecular weight excluding hydrogens is 237 g/mol. The number of ether oxygens (including phenoxy) is 1. The number of thioether (sulfide) groups is 1. The maximum Gasteiger partial charge on any atom is 0.124 e. The average molecular weight is 255 g/mol. The molecule has 0 aromatic heterocycles.